The first-order valence-corrected chi connectivity index (χ1v) is 11.2. The maximum absolute atomic E-state index is 5.99. The number of rotatable bonds is 7. The highest BCUT2D eigenvalue weighted by atomic mass is 16.6. The van der Waals surface area contributed by atoms with Crippen LogP contribution >= 0.6 is 0 Å². The lowest BCUT2D eigenvalue weighted by Crippen LogP contribution is -2.27. The average Bonchev–Trinajstić information content (AvgIpc) is 3.22. The molecule has 7 nitrogen and oxygen atoms in total. The van der Waals surface area contributed by atoms with E-state index >= 15 is 0 Å². The molecule has 1 aliphatic heterocycles. The Morgan fingerprint density at radius 1 is 1.00 bits per heavy atom. The van der Waals surface area contributed by atoms with Crippen molar-refractivity contribution in [2.75, 3.05) is 33.9 Å². The van der Waals surface area contributed by atoms with Crippen molar-refractivity contribution in [3.8, 4) is 28.5 Å². The summed E-state index contributed by atoms with van der Waals surface area (Å²) in [5.74, 6) is 3.19. The minimum Gasteiger partial charge on any atom is -0.489 e. The van der Waals surface area contributed by atoms with Crippen LogP contribution in [0, 0.1) is 0 Å². The van der Waals surface area contributed by atoms with Crippen LogP contribution in [0.5, 0.6) is 17.2 Å². The van der Waals surface area contributed by atoms with E-state index < -0.39 is 0 Å². The second kappa shape index (κ2) is 9.11. The molecule has 0 radical (unpaired) electrons. The fourth-order valence-corrected chi connectivity index (χ4v) is 4.10. The Kier molecular flexibility index (Phi) is 5.88. The molecule has 5 rings (SSSR count). The van der Waals surface area contributed by atoms with E-state index in [9.17, 15) is 0 Å². The van der Waals surface area contributed by atoms with Crippen molar-refractivity contribution in [3.63, 3.8) is 0 Å². The lowest BCUT2D eigenvalue weighted by Gasteiger charge is -2.19. The van der Waals surface area contributed by atoms with Crippen LogP contribution in [0.4, 0.5) is 0 Å². The lowest BCUT2D eigenvalue weighted by molar-refractivity contribution is 0.171. The molecule has 0 amide bonds. The van der Waals surface area contributed by atoms with Gasteiger partial charge in [-0.25, -0.2) is 9.50 Å². The molecule has 170 valence electrons. The summed E-state index contributed by atoms with van der Waals surface area (Å²) in [5.41, 5.74) is 3.92. The summed E-state index contributed by atoms with van der Waals surface area (Å²) >= 11 is 0. The van der Waals surface area contributed by atoms with Gasteiger partial charge in [-0.3, -0.25) is 0 Å². The van der Waals surface area contributed by atoms with Crippen LogP contribution in [0.15, 0.2) is 60.7 Å². The van der Waals surface area contributed by atoms with Crippen LogP contribution in [-0.4, -0.2) is 59.5 Å². The Bertz CT molecular complexity index is 1250. The number of nitrogens with zero attached hydrogens (tertiary/aromatic N) is 4. The van der Waals surface area contributed by atoms with Crippen molar-refractivity contribution in [1.82, 2.24) is 19.5 Å². The number of aromatic nitrogens is 3. The van der Waals surface area contributed by atoms with Crippen molar-refractivity contribution in [2.24, 2.45) is 0 Å². The van der Waals surface area contributed by atoms with Gasteiger partial charge in [0, 0.05) is 18.5 Å². The van der Waals surface area contributed by atoms with Crippen molar-refractivity contribution in [1.29, 1.82) is 0 Å². The molecule has 0 N–H and O–H groups in total. The van der Waals surface area contributed by atoms with Gasteiger partial charge in [0.05, 0.1) is 5.69 Å². The third-order valence-corrected chi connectivity index (χ3v) is 5.49. The Hall–Kier alpha value is -3.58. The second-order valence-corrected chi connectivity index (χ2v) is 8.58. The Balaban J connectivity index is 1.35. The molecule has 1 aliphatic rings. The van der Waals surface area contributed by atoms with E-state index in [1.807, 2.05) is 67.1 Å². The van der Waals surface area contributed by atoms with Crippen molar-refractivity contribution in [2.45, 2.75) is 19.4 Å². The highest BCUT2D eigenvalue weighted by Crippen LogP contribution is 2.34. The normalized spacial score (nSPS) is 13.9. The van der Waals surface area contributed by atoms with E-state index in [1.54, 1.807) is 0 Å². The first-order chi connectivity index (χ1) is 16.0. The molecule has 7 heteroatoms. The van der Waals surface area contributed by atoms with Gasteiger partial charge in [-0.1, -0.05) is 18.2 Å². The molecule has 0 fully saturated rings. The average molecular weight is 445 g/mol. The van der Waals surface area contributed by atoms with Gasteiger partial charge in [0.15, 0.2) is 23.0 Å². The predicted molar refractivity (Wildman–Crippen MR) is 127 cm³/mol. The van der Waals surface area contributed by atoms with Crippen LogP contribution in [0.3, 0.4) is 0 Å². The van der Waals surface area contributed by atoms with Crippen molar-refractivity contribution < 1.29 is 14.2 Å². The highest BCUT2D eigenvalue weighted by molar-refractivity contribution is 5.66. The van der Waals surface area contributed by atoms with E-state index in [0.29, 0.717) is 19.6 Å². The molecule has 2 aromatic heterocycles. The third-order valence-electron chi connectivity index (χ3n) is 5.49. The monoisotopic (exact) mass is 444 g/mol. The molecule has 0 saturated heterocycles. The Morgan fingerprint density at radius 3 is 2.58 bits per heavy atom. The molecule has 1 atom stereocenters. The minimum absolute atomic E-state index is 0.130. The number of pyridine rings is 1. The number of hydrogen-bond donors (Lipinski definition) is 0. The number of hydrogen-bond acceptors (Lipinski definition) is 6. The highest BCUT2D eigenvalue weighted by Gasteiger charge is 2.15. The maximum Gasteiger partial charge on any atom is 0.162 e. The molecule has 0 saturated carbocycles. The molecule has 2 aromatic carbocycles. The standard InChI is InChI=1S/C26H28N4O3/c1-18(17-29(2)3)33-21-10-7-19(8-11-21)15-25-27-26-6-4-5-22(30(26)28-25)20-9-12-23-24(16-20)32-14-13-31-23/h4-12,16,18H,13-15,17H2,1-3H3/t18-/m1/s1. The molecule has 0 unspecified atom stereocenters. The maximum atomic E-state index is 5.99. The summed E-state index contributed by atoms with van der Waals surface area (Å²) in [7, 11) is 4.09. The van der Waals surface area contributed by atoms with E-state index in [4.69, 9.17) is 24.3 Å². The minimum atomic E-state index is 0.130. The van der Waals surface area contributed by atoms with Gasteiger partial charge >= 0.3 is 0 Å². The first kappa shape index (κ1) is 21.3. The number of fused-ring (bicyclic) bond motifs is 2. The fraction of sp³-hybridized carbons (Fsp3) is 0.308. The smallest absolute Gasteiger partial charge is 0.162 e. The van der Waals surface area contributed by atoms with Crippen LogP contribution < -0.4 is 14.2 Å². The Labute approximate surface area is 193 Å². The summed E-state index contributed by atoms with van der Waals surface area (Å²) in [6.07, 6.45) is 0.778. The van der Waals surface area contributed by atoms with Gasteiger partial charge in [0.25, 0.3) is 0 Å². The van der Waals surface area contributed by atoms with E-state index in [2.05, 4.69) is 24.0 Å². The van der Waals surface area contributed by atoms with Gasteiger partial charge < -0.3 is 19.1 Å². The first-order valence-electron chi connectivity index (χ1n) is 11.2. The van der Waals surface area contributed by atoms with Gasteiger partial charge in [0.1, 0.15) is 25.1 Å². The topological polar surface area (TPSA) is 61.1 Å². The summed E-state index contributed by atoms with van der Waals surface area (Å²) in [6, 6.07) is 20.2. The van der Waals surface area contributed by atoms with Crippen LogP contribution in [0.2, 0.25) is 0 Å². The van der Waals surface area contributed by atoms with Crippen molar-refractivity contribution in [3.05, 3.63) is 72.1 Å². The molecular weight excluding hydrogens is 416 g/mol. The predicted octanol–water partition coefficient (Wildman–Crippen LogP) is 4.09. The molecule has 0 bridgehead atoms. The van der Waals surface area contributed by atoms with Crippen LogP contribution in [-0.2, 0) is 6.42 Å². The molecule has 0 aliphatic carbocycles. The Morgan fingerprint density at radius 2 is 1.79 bits per heavy atom. The van der Waals surface area contributed by atoms with Crippen LogP contribution in [0.25, 0.3) is 16.9 Å². The van der Waals surface area contributed by atoms with Crippen molar-refractivity contribution >= 4 is 5.65 Å². The van der Waals surface area contributed by atoms with Gasteiger partial charge in [-0.15, -0.1) is 0 Å². The summed E-state index contributed by atoms with van der Waals surface area (Å²) in [5, 5.41) is 4.80. The summed E-state index contributed by atoms with van der Waals surface area (Å²) < 4.78 is 19.3. The zero-order valence-corrected chi connectivity index (χ0v) is 19.2. The lowest BCUT2D eigenvalue weighted by atomic mass is 10.1. The number of ether oxygens (including phenoxy) is 3. The second-order valence-electron chi connectivity index (χ2n) is 8.58. The SMILES string of the molecule is C[C@H](CN(C)C)Oc1ccc(Cc2nc3cccc(-c4ccc5c(c4)OCCO5)n3n2)cc1. The van der Waals surface area contributed by atoms with Gasteiger partial charge in [-0.2, -0.15) is 5.10 Å². The quantitative estimate of drug-likeness (QED) is 0.428. The zero-order chi connectivity index (χ0) is 22.8. The van der Waals surface area contributed by atoms with Crippen LogP contribution in [0.1, 0.15) is 18.3 Å². The van der Waals surface area contributed by atoms with E-state index in [-0.39, 0.29) is 6.10 Å². The zero-order valence-electron chi connectivity index (χ0n) is 19.2. The molecule has 4 aromatic rings. The third kappa shape index (κ3) is 4.78. The molecular formula is C26H28N4O3. The largest absolute Gasteiger partial charge is 0.489 e. The fourth-order valence-electron chi connectivity index (χ4n) is 4.10. The molecule has 33 heavy (non-hydrogen) atoms. The summed E-state index contributed by atoms with van der Waals surface area (Å²) in [6.45, 7) is 4.09. The summed E-state index contributed by atoms with van der Waals surface area (Å²) in [4.78, 5) is 6.86. The van der Waals surface area contributed by atoms with Gasteiger partial charge in [-0.05, 0) is 69.0 Å². The van der Waals surface area contributed by atoms with E-state index in [1.165, 1.54) is 0 Å². The van der Waals surface area contributed by atoms with Gasteiger partial charge in [0.2, 0.25) is 0 Å². The number of benzene rings is 2. The molecule has 0 spiro atoms. The van der Waals surface area contributed by atoms with E-state index in [0.717, 1.165) is 52.1 Å². The molecule has 3 heterocycles. The number of likely N-dealkylation sites (N-methyl/N-ethyl adjacent to an activating group) is 1.